The first kappa shape index (κ1) is 11.7. The molecule has 0 aliphatic rings. The Morgan fingerprint density at radius 3 is 2.67 bits per heavy atom. The number of alkyl halides is 1. The monoisotopic (exact) mass is 153 g/mol. The van der Waals surface area contributed by atoms with Gasteiger partial charge in [-0.2, -0.15) is 0 Å². The van der Waals surface area contributed by atoms with Gasteiger partial charge in [0.1, 0.15) is 6.17 Å². The topological polar surface area (TPSA) is 12.0 Å². The summed E-state index contributed by atoms with van der Waals surface area (Å²) >= 11 is 0. The number of allylic oxidation sites excluding steroid dienone is 1. The standard InChI is InChI=1S/C6H12FN.ClH/c1-3-4-6(7)5-8-2;/h3,6,8H,1,4-5H2,2H3;1H. The van der Waals surface area contributed by atoms with Crippen molar-refractivity contribution in [1.29, 1.82) is 0 Å². The Morgan fingerprint density at radius 1 is 1.78 bits per heavy atom. The molecule has 9 heavy (non-hydrogen) atoms. The van der Waals surface area contributed by atoms with Crippen molar-refractivity contribution in [2.24, 2.45) is 0 Å². The second-order valence-electron chi connectivity index (χ2n) is 1.68. The summed E-state index contributed by atoms with van der Waals surface area (Å²) in [4.78, 5) is 0. The van der Waals surface area contributed by atoms with Crippen molar-refractivity contribution < 1.29 is 4.39 Å². The average Bonchev–Trinajstić information content (AvgIpc) is 1.68. The molecule has 0 saturated heterocycles. The van der Waals surface area contributed by atoms with Crippen molar-refractivity contribution in [1.82, 2.24) is 5.32 Å². The molecule has 0 saturated carbocycles. The van der Waals surface area contributed by atoms with Crippen LogP contribution in [0.4, 0.5) is 4.39 Å². The molecule has 0 radical (unpaired) electrons. The molecule has 0 aliphatic heterocycles. The minimum absolute atomic E-state index is 0. The molecule has 0 spiro atoms. The fourth-order valence-electron chi connectivity index (χ4n) is 0.486. The minimum Gasteiger partial charge on any atom is -0.317 e. The van der Waals surface area contributed by atoms with Gasteiger partial charge in [-0.25, -0.2) is 4.39 Å². The van der Waals surface area contributed by atoms with Gasteiger partial charge >= 0.3 is 0 Å². The lowest BCUT2D eigenvalue weighted by Gasteiger charge is -2.01. The predicted molar refractivity (Wildman–Crippen MR) is 40.9 cm³/mol. The molecule has 56 valence electrons. The van der Waals surface area contributed by atoms with E-state index in [0.29, 0.717) is 13.0 Å². The largest absolute Gasteiger partial charge is 0.317 e. The second-order valence-corrected chi connectivity index (χ2v) is 1.68. The van der Waals surface area contributed by atoms with Gasteiger partial charge in [-0.05, 0) is 13.5 Å². The van der Waals surface area contributed by atoms with Crippen LogP contribution in [0.2, 0.25) is 0 Å². The molecular weight excluding hydrogens is 141 g/mol. The Bertz CT molecular complexity index is 68.1. The summed E-state index contributed by atoms with van der Waals surface area (Å²) in [5, 5.41) is 2.73. The van der Waals surface area contributed by atoms with Gasteiger partial charge in [-0.15, -0.1) is 19.0 Å². The van der Waals surface area contributed by atoms with E-state index in [2.05, 4.69) is 11.9 Å². The molecule has 3 heteroatoms. The lowest BCUT2D eigenvalue weighted by Crippen LogP contribution is -2.18. The van der Waals surface area contributed by atoms with E-state index in [4.69, 9.17) is 0 Å². The minimum atomic E-state index is -0.766. The van der Waals surface area contributed by atoms with Crippen molar-refractivity contribution in [3.05, 3.63) is 12.7 Å². The number of hydrogen-bond acceptors (Lipinski definition) is 1. The van der Waals surface area contributed by atoms with Crippen molar-refractivity contribution >= 4 is 12.4 Å². The van der Waals surface area contributed by atoms with Gasteiger partial charge in [0.2, 0.25) is 0 Å². The lowest BCUT2D eigenvalue weighted by molar-refractivity contribution is 0.329. The fourth-order valence-corrected chi connectivity index (χ4v) is 0.486. The van der Waals surface area contributed by atoms with Crippen LogP contribution in [0.3, 0.4) is 0 Å². The molecule has 0 amide bonds. The maximum Gasteiger partial charge on any atom is 0.116 e. The van der Waals surface area contributed by atoms with Crippen molar-refractivity contribution in [3.8, 4) is 0 Å². The van der Waals surface area contributed by atoms with Gasteiger partial charge in [0, 0.05) is 6.54 Å². The predicted octanol–water partition coefficient (Wildman–Crippen LogP) is 1.54. The quantitative estimate of drug-likeness (QED) is 0.605. The zero-order valence-corrected chi connectivity index (χ0v) is 6.38. The molecule has 1 N–H and O–H groups in total. The van der Waals surface area contributed by atoms with Crippen LogP contribution in [0.5, 0.6) is 0 Å². The van der Waals surface area contributed by atoms with Gasteiger partial charge < -0.3 is 5.32 Å². The van der Waals surface area contributed by atoms with Crippen molar-refractivity contribution in [3.63, 3.8) is 0 Å². The molecule has 1 atom stereocenters. The summed E-state index contributed by atoms with van der Waals surface area (Å²) in [6, 6.07) is 0. The second kappa shape index (κ2) is 7.92. The molecular formula is C6H13ClFN. The third kappa shape index (κ3) is 7.92. The van der Waals surface area contributed by atoms with E-state index in [0.717, 1.165) is 0 Å². The zero-order chi connectivity index (χ0) is 6.41. The molecule has 0 aromatic rings. The maximum atomic E-state index is 12.3. The van der Waals surface area contributed by atoms with Gasteiger partial charge in [-0.3, -0.25) is 0 Å². The van der Waals surface area contributed by atoms with E-state index in [1.54, 1.807) is 13.1 Å². The molecule has 0 aromatic heterocycles. The first-order valence-corrected chi connectivity index (χ1v) is 2.70. The van der Waals surface area contributed by atoms with Crippen LogP contribution in [0, 0.1) is 0 Å². The molecule has 1 nitrogen and oxygen atoms in total. The highest BCUT2D eigenvalue weighted by atomic mass is 35.5. The van der Waals surface area contributed by atoms with E-state index < -0.39 is 6.17 Å². The van der Waals surface area contributed by atoms with Crippen LogP contribution in [-0.4, -0.2) is 19.8 Å². The van der Waals surface area contributed by atoms with Gasteiger partial charge in [0.05, 0.1) is 0 Å². The highest BCUT2D eigenvalue weighted by Gasteiger charge is 1.98. The number of rotatable bonds is 4. The van der Waals surface area contributed by atoms with Crippen LogP contribution in [-0.2, 0) is 0 Å². The van der Waals surface area contributed by atoms with Crippen molar-refractivity contribution in [2.75, 3.05) is 13.6 Å². The smallest absolute Gasteiger partial charge is 0.116 e. The molecule has 0 aromatic carbocycles. The zero-order valence-electron chi connectivity index (χ0n) is 5.56. The van der Waals surface area contributed by atoms with Crippen LogP contribution in [0.1, 0.15) is 6.42 Å². The van der Waals surface area contributed by atoms with E-state index in [-0.39, 0.29) is 12.4 Å². The SMILES string of the molecule is C=CCC(F)CNC.Cl. The summed E-state index contributed by atoms with van der Waals surface area (Å²) in [5.74, 6) is 0. The summed E-state index contributed by atoms with van der Waals surface area (Å²) in [7, 11) is 1.73. The molecule has 0 heterocycles. The lowest BCUT2D eigenvalue weighted by atomic mass is 10.3. The van der Waals surface area contributed by atoms with Crippen LogP contribution >= 0.6 is 12.4 Å². The molecule has 0 rings (SSSR count). The molecule has 0 fully saturated rings. The van der Waals surface area contributed by atoms with Gasteiger partial charge in [-0.1, -0.05) is 6.08 Å². The Hall–Kier alpha value is -0.0800. The Kier molecular flexibility index (Phi) is 10.3. The van der Waals surface area contributed by atoms with Gasteiger partial charge in [0.25, 0.3) is 0 Å². The van der Waals surface area contributed by atoms with Crippen LogP contribution < -0.4 is 5.32 Å². The van der Waals surface area contributed by atoms with E-state index in [1.807, 2.05) is 0 Å². The summed E-state index contributed by atoms with van der Waals surface area (Å²) < 4.78 is 12.3. The van der Waals surface area contributed by atoms with E-state index in [1.165, 1.54) is 0 Å². The first-order chi connectivity index (χ1) is 3.81. The Balaban J connectivity index is 0. The Labute approximate surface area is 61.7 Å². The Morgan fingerprint density at radius 2 is 2.33 bits per heavy atom. The summed E-state index contributed by atoms with van der Waals surface area (Å²) in [6.07, 6.45) is 1.26. The van der Waals surface area contributed by atoms with Gasteiger partial charge in [0.15, 0.2) is 0 Å². The van der Waals surface area contributed by atoms with Crippen molar-refractivity contribution in [2.45, 2.75) is 12.6 Å². The number of halogens is 2. The maximum absolute atomic E-state index is 12.3. The fraction of sp³-hybridized carbons (Fsp3) is 0.667. The normalized spacial score (nSPS) is 11.8. The molecule has 0 bridgehead atoms. The van der Waals surface area contributed by atoms with Crippen LogP contribution in [0.15, 0.2) is 12.7 Å². The third-order valence-corrected chi connectivity index (χ3v) is 0.848. The third-order valence-electron chi connectivity index (χ3n) is 0.848. The highest BCUT2D eigenvalue weighted by molar-refractivity contribution is 5.85. The first-order valence-electron chi connectivity index (χ1n) is 2.70. The summed E-state index contributed by atoms with van der Waals surface area (Å²) in [6.45, 7) is 3.84. The van der Waals surface area contributed by atoms with Crippen LogP contribution in [0.25, 0.3) is 0 Å². The number of hydrogen-bond donors (Lipinski definition) is 1. The average molecular weight is 154 g/mol. The van der Waals surface area contributed by atoms with E-state index >= 15 is 0 Å². The molecule has 1 unspecified atom stereocenters. The highest BCUT2D eigenvalue weighted by Crippen LogP contribution is 1.94. The van der Waals surface area contributed by atoms with E-state index in [9.17, 15) is 4.39 Å². The number of nitrogens with one attached hydrogen (secondary N) is 1. The molecule has 0 aliphatic carbocycles. The summed E-state index contributed by atoms with van der Waals surface area (Å²) in [5.41, 5.74) is 0.